The Labute approximate surface area is 177 Å². The van der Waals surface area contributed by atoms with Crippen molar-refractivity contribution in [3.05, 3.63) is 23.8 Å². The van der Waals surface area contributed by atoms with Crippen molar-refractivity contribution in [2.45, 2.75) is 43.7 Å². The van der Waals surface area contributed by atoms with Crippen LogP contribution in [0.2, 0.25) is 0 Å². The Morgan fingerprint density at radius 1 is 1.17 bits per heavy atom. The lowest BCUT2D eigenvalue weighted by molar-refractivity contribution is -0.123. The van der Waals surface area contributed by atoms with Crippen molar-refractivity contribution >= 4 is 21.8 Å². The summed E-state index contributed by atoms with van der Waals surface area (Å²) >= 11 is 0. The van der Waals surface area contributed by atoms with Crippen molar-refractivity contribution in [1.82, 2.24) is 19.8 Å². The fourth-order valence-electron chi connectivity index (χ4n) is 3.37. The predicted octanol–water partition coefficient (Wildman–Crippen LogP) is 0.418. The van der Waals surface area contributed by atoms with Gasteiger partial charge in [-0.2, -0.15) is 0 Å². The van der Waals surface area contributed by atoms with Crippen molar-refractivity contribution in [2.24, 2.45) is 0 Å². The minimum absolute atomic E-state index is 0.0215. The monoisotopic (exact) mass is 438 g/mol. The second-order valence-corrected chi connectivity index (χ2v) is 9.73. The standard InChI is InChI=1S/C20H30N4O5S/c1-14(2)21-19(25)13-23-8-10-24(11-9-23)20(26)15-4-7-17(29-3)18(12-15)30(27,28)22-16-5-6-16/h4,7,12,14,16,22H,5-6,8-11,13H2,1-3H3,(H,21,25). The average Bonchev–Trinajstić information content (AvgIpc) is 3.50. The normalized spacial score (nSPS) is 17.8. The van der Waals surface area contributed by atoms with Gasteiger partial charge in [-0.3, -0.25) is 14.5 Å². The van der Waals surface area contributed by atoms with E-state index < -0.39 is 10.0 Å². The summed E-state index contributed by atoms with van der Waals surface area (Å²) in [6.45, 7) is 6.25. The highest BCUT2D eigenvalue weighted by atomic mass is 32.2. The predicted molar refractivity (Wildman–Crippen MR) is 112 cm³/mol. The molecule has 30 heavy (non-hydrogen) atoms. The zero-order valence-corrected chi connectivity index (χ0v) is 18.5. The van der Waals surface area contributed by atoms with Gasteiger partial charge in [-0.05, 0) is 44.9 Å². The highest BCUT2D eigenvalue weighted by Gasteiger charge is 2.31. The van der Waals surface area contributed by atoms with E-state index in [2.05, 4.69) is 10.0 Å². The number of methoxy groups -OCH3 is 1. The van der Waals surface area contributed by atoms with Crippen molar-refractivity contribution in [1.29, 1.82) is 0 Å². The largest absolute Gasteiger partial charge is 0.495 e. The molecule has 10 heteroatoms. The van der Waals surface area contributed by atoms with Gasteiger partial charge in [0.2, 0.25) is 15.9 Å². The molecule has 9 nitrogen and oxygen atoms in total. The van der Waals surface area contributed by atoms with E-state index in [1.165, 1.54) is 19.2 Å². The molecule has 0 atom stereocenters. The molecule has 0 radical (unpaired) electrons. The summed E-state index contributed by atoms with van der Waals surface area (Å²) in [6.07, 6.45) is 1.64. The Morgan fingerprint density at radius 3 is 2.40 bits per heavy atom. The van der Waals surface area contributed by atoms with Gasteiger partial charge in [0.15, 0.2) is 0 Å². The molecule has 1 aliphatic heterocycles. The summed E-state index contributed by atoms with van der Waals surface area (Å²) in [5, 5.41) is 2.86. The first kappa shape index (κ1) is 22.5. The summed E-state index contributed by atoms with van der Waals surface area (Å²) in [5.41, 5.74) is 0.304. The molecule has 1 saturated carbocycles. The van der Waals surface area contributed by atoms with Crippen LogP contribution in [0.1, 0.15) is 37.0 Å². The number of ether oxygens (including phenoxy) is 1. The lowest BCUT2D eigenvalue weighted by Crippen LogP contribution is -2.51. The zero-order chi connectivity index (χ0) is 21.9. The molecule has 1 saturated heterocycles. The number of amides is 2. The highest BCUT2D eigenvalue weighted by Crippen LogP contribution is 2.28. The van der Waals surface area contributed by atoms with Crippen LogP contribution in [0.4, 0.5) is 0 Å². The fraction of sp³-hybridized carbons (Fsp3) is 0.600. The van der Waals surface area contributed by atoms with E-state index in [-0.39, 0.29) is 34.5 Å². The third kappa shape index (κ3) is 5.71. The minimum atomic E-state index is -3.76. The van der Waals surface area contributed by atoms with Gasteiger partial charge in [0, 0.05) is 43.8 Å². The molecule has 2 fully saturated rings. The first-order valence-electron chi connectivity index (χ1n) is 10.2. The van der Waals surface area contributed by atoms with Crippen LogP contribution in [0.5, 0.6) is 5.75 Å². The third-order valence-electron chi connectivity index (χ3n) is 5.08. The van der Waals surface area contributed by atoms with E-state index in [1.54, 1.807) is 11.0 Å². The summed E-state index contributed by atoms with van der Waals surface area (Å²) in [6, 6.07) is 4.53. The molecule has 2 amide bonds. The Morgan fingerprint density at radius 2 is 1.83 bits per heavy atom. The van der Waals surface area contributed by atoms with E-state index in [4.69, 9.17) is 4.74 Å². The molecule has 0 aromatic heterocycles. The maximum atomic E-state index is 13.0. The van der Waals surface area contributed by atoms with Crippen molar-refractivity contribution < 1.29 is 22.7 Å². The number of benzene rings is 1. The molecule has 3 rings (SSSR count). The topological polar surface area (TPSA) is 108 Å². The van der Waals surface area contributed by atoms with Gasteiger partial charge < -0.3 is 15.0 Å². The van der Waals surface area contributed by atoms with E-state index in [0.29, 0.717) is 38.3 Å². The molecule has 166 valence electrons. The number of nitrogens with one attached hydrogen (secondary N) is 2. The van der Waals surface area contributed by atoms with Crippen molar-refractivity contribution in [3.63, 3.8) is 0 Å². The van der Waals surface area contributed by atoms with Gasteiger partial charge in [-0.1, -0.05) is 0 Å². The first-order valence-corrected chi connectivity index (χ1v) is 11.7. The number of hydrogen-bond donors (Lipinski definition) is 2. The molecular weight excluding hydrogens is 408 g/mol. The van der Waals surface area contributed by atoms with Crippen LogP contribution < -0.4 is 14.8 Å². The molecule has 0 bridgehead atoms. The molecular formula is C20H30N4O5S. The maximum absolute atomic E-state index is 13.0. The van der Waals surface area contributed by atoms with Gasteiger partial charge in [0.05, 0.1) is 13.7 Å². The molecule has 1 aromatic carbocycles. The van der Waals surface area contributed by atoms with Crippen LogP contribution in [0, 0.1) is 0 Å². The maximum Gasteiger partial charge on any atom is 0.253 e. The van der Waals surface area contributed by atoms with Gasteiger partial charge >= 0.3 is 0 Å². The second-order valence-electron chi connectivity index (χ2n) is 8.05. The number of piperazine rings is 1. The lowest BCUT2D eigenvalue weighted by atomic mass is 10.1. The number of carbonyl (C=O) groups excluding carboxylic acids is 2. The number of nitrogens with zero attached hydrogens (tertiary/aromatic N) is 2. The van der Waals surface area contributed by atoms with E-state index in [0.717, 1.165) is 12.8 Å². The summed E-state index contributed by atoms with van der Waals surface area (Å²) in [7, 11) is -2.35. The van der Waals surface area contributed by atoms with Crippen LogP contribution >= 0.6 is 0 Å². The smallest absolute Gasteiger partial charge is 0.253 e. The van der Waals surface area contributed by atoms with Crippen LogP contribution in [0.15, 0.2) is 23.1 Å². The Bertz CT molecular complexity index is 890. The highest BCUT2D eigenvalue weighted by molar-refractivity contribution is 7.89. The average molecular weight is 439 g/mol. The van der Waals surface area contributed by atoms with Gasteiger partial charge in [-0.25, -0.2) is 13.1 Å². The molecule has 1 heterocycles. The lowest BCUT2D eigenvalue weighted by Gasteiger charge is -2.34. The van der Waals surface area contributed by atoms with E-state index in [1.807, 2.05) is 18.7 Å². The second kappa shape index (κ2) is 9.32. The quantitative estimate of drug-likeness (QED) is 0.609. The summed E-state index contributed by atoms with van der Waals surface area (Å²) in [4.78, 5) is 28.6. The first-order chi connectivity index (χ1) is 14.2. The van der Waals surface area contributed by atoms with Crippen LogP contribution in [0.25, 0.3) is 0 Å². The Hall–Kier alpha value is -2.17. The SMILES string of the molecule is COc1ccc(C(=O)N2CCN(CC(=O)NC(C)C)CC2)cc1S(=O)(=O)NC1CC1. The number of hydrogen-bond acceptors (Lipinski definition) is 6. The van der Waals surface area contributed by atoms with Crippen LogP contribution in [-0.2, 0) is 14.8 Å². The number of sulfonamides is 1. The summed E-state index contributed by atoms with van der Waals surface area (Å²) < 4.78 is 33.2. The molecule has 0 unspecified atom stereocenters. The minimum Gasteiger partial charge on any atom is -0.495 e. The Balaban J connectivity index is 1.66. The molecule has 2 aliphatic rings. The molecule has 1 aromatic rings. The van der Waals surface area contributed by atoms with Gasteiger partial charge in [0.25, 0.3) is 5.91 Å². The molecule has 2 N–H and O–H groups in total. The Kier molecular flexibility index (Phi) is 6.99. The third-order valence-corrected chi connectivity index (χ3v) is 6.62. The number of carbonyl (C=O) groups is 2. The molecule has 0 spiro atoms. The van der Waals surface area contributed by atoms with Crippen molar-refractivity contribution in [3.8, 4) is 5.75 Å². The fourth-order valence-corrected chi connectivity index (χ4v) is 4.87. The van der Waals surface area contributed by atoms with Crippen LogP contribution in [-0.4, -0.2) is 81.9 Å². The molecule has 1 aliphatic carbocycles. The van der Waals surface area contributed by atoms with Gasteiger partial charge in [-0.15, -0.1) is 0 Å². The van der Waals surface area contributed by atoms with Crippen LogP contribution in [0.3, 0.4) is 0 Å². The zero-order valence-electron chi connectivity index (χ0n) is 17.7. The number of rotatable bonds is 8. The van der Waals surface area contributed by atoms with Gasteiger partial charge in [0.1, 0.15) is 10.6 Å². The van der Waals surface area contributed by atoms with E-state index in [9.17, 15) is 18.0 Å². The summed E-state index contributed by atoms with van der Waals surface area (Å²) in [5.74, 6) is -0.0505. The van der Waals surface area contributed by atoms with E-state index >= 15 is 0 Å². The van der Waals surface area contributed by atoms with Crippen molar-refractivity contribution in [2.75, 3.05) is 39.8 Å².